The van der Waals surface area contributed by atoms with Gasteiger partial charge in [-0.2, -0.15) is 13.2 Å². The fraction of sp³-hybridized carbons (Fsp3) is 0.333. The molecule has 0 unspecified atom stereocenters. The molecule has 0 bridgehead atoms. The van der Waals surface area contributed by atoms with E-state index in [9.17, 15) is 18.0 Å². The van der Waals surface area contributed by atoms with Gasteiger partial charge in [0.05, 0.1) is 23.7 Å². The first-order valence-corrected chi connectivity index (χ1v) is 5.74. The Kier molecular flexibility index (Phi) is 3.67. The number of alkyl halides is 3. The second-order valence-corrected chi connectivity index (χ2v) is 4.07. The molecule has 0 radical (unpaired) electrons. The van der Waals surface area contributed by atoms with Crippen molar-refractivity contribution in [1.29, 1.82) is 0 Å². The van der Waals surface area contributed by atoms with Crippen LogP contribution in [0.25, 0.3) is 11.0 Å². The summed E-state index contributed by atoms with van der Waals surface area (Å²) in [6.07, 6.45) is -4.58. The topological polar surface area (TPSA) is 70.1 Å². The molecule has 20 heavy (non-hydrogen) atoms. The predicted octanol–water partition coefficient (Wildman–Crippen LogP) is 1.80. The zero-order valence-electron chi connectivity index (χ0n) is 10.6. The molecule has 8 heteroatoms. The second kappa shape index (κ2) is 5.12. The highest BCUT2D eigenvalue weighted by Crippen LogP contribution is 2.31. The van der Waals surface area contributed by atoms with E-state index in [1.807, 2.05) is 0 Å². The molecule has 0 aliphatic carbocycles. The van der Waals surface area contributed by atoms with E-state index in [1.54, 1.807) is 0 Å². The quantitative estimate of drug-likeness (QED) is 0.874. The van der Waals surface area contributed by atoms with Gasteiger partial charge in [-0.1, -0.05) is 0 Å². The lowest BCUT2D eigenvalue weighted by Crippen LogP contribution is -2.18. The SMILES string of the molecule is COC(=O)c1ccc2nc(C(F)(F)F)n(CCN)c2c1. The third-order valence-corrected chi connectivity index (χ3v) is 2.78. The van der Waals surface area contributed by atoms with Crippen molar-refractivity contribution in [3.63, 3.8) is 0 Å². The van der Waals surface area contributed by atoms with Gasteiger partial charge in [0.25, 0.3) is 0 Å². The zero-order chi connectivity index (χ0) is 14.9. The van der Waals surface area contributed by atoms with Gasteiger partial charge in [0, 0.05) is 13.1 Å². The summed E-state index contributed by atoms with van der Waals surface area (Å²) in [5.41, 5.74) is 5.85. The lowest BCUT2D eigenvalue weighted by molar-refractivity contribution is -0.146. The summed E-state index contributed by atoms with van der Waals surface area (Å²) < 4.78 is 44.3. The Morgan fingerprint density at radius 1 is 1.45 bits per heavy atom. The molecule has 2 rings (SSSR count). The van der Waals surface area contributed by atoms with Crippen LogP contribution in [0.4, 0.5) is 13.2 Å². The highest BCUT2D eigenvalue weighted by atomic mass is 19.4. The first-order valence-electron chi connectivity index (χ1n) is 5.74. The van der Waals surface area contributed by atoms with Crippen LogP contribution < -0.4 is 5.73 Å². The molecule has 0 spiro atoms. The maximum atomic E-state index is 12.9. The van der Waals surface area contributed by atoms with Crippen molar-refractivity contribution < 1.29 is 22.7 Å². The van der Waals surface area contributed by atoms with Crippen molar-refractivity contribution in [1.82, 2.24) is 9.55 Å². The first kappa shape index (κ1) is 14.3. The lowest BCUT2D eigenvalue weighted by Gasteiger charge is -2.10. The van der Waals surface area contributed by atoms with Gasteiger partial charge in [0.2, 0.25) is 5.82 Å². The Balaban J connectivity index is 2.67. The largest absolute Gasteiger partial charge is 0.465 e. The van der Waals surface area contributed by atoms with Crippen LogP contribution in [0.3, 0.4) is 0 Å². The monoisotopic (exact) mass is 287 g/mol. The Morgan fingerprint density at radius 2 is 2.15 bits per heavy atom. The van der Waals surface area contributed by atoms with Crippen LogP contribution in [-0.2, 0) is 17.5 Å². The molecule has 0 atom stereocenters. The number of hydrogen-bond donors (Lipinski definition) is 1. The number of carbonyl (C=O) groups excluding carboxylic acids is 1. The van der Waals surface area contributed by atoms with Gasteiger partial charge in [-0.25, -0.2) is 9.78 Å². The Hall–Kier alpha value is -2.09. The minimum atomic E-state index is -4.58. The van der Waals surface area contributed by atoms with Gasteiger partial charge < -0.3 is 15.0 Å². The minimum Gasteiger partial charge on any atom is -0.465 e. The second-order valence-electron chi connectivity index (χ2n) is 4.07. The number of imidazole rings is 1. The van der Waals surface area contributed by atoms with E-state index in [1.165, 1.54) is 25.3 Å². The Bertz CT molecular complexity index is 649. The molecule has 1 heterocycles. The number of methoxy groups -OCH3 is 1. The number of fused-ring (bicyclic) bond motifs is 1. The number of nitrogens with zero attached hydrogens (tertiary/aromatic N) is 2. The van der Waals surface area contributed by atoms with Crippen LogP contribution in [0.2, 0.25) is 0 Å². The van der Waals surface area contributed by atoms with Crippen LogP contribution in [0.1, 0.15) is 16.2 Å². The molecular weight excluding hydrogens is 275 g/mol. The normalized spacial score (nSPS) is 11.8. The van der Waals surface area contributed by atoms with Crippen LogP contribution in [0.5, 0.6) is 0 Å². The van der Waals surface area contributed by atoms with Gasteiger partial charge in [-0.15, -0.1) is 0 Å². The van der Waals surface area contributed by atoms with E-state index in [4.69, 9.17) is 5.73 Å². The van der Waals surface area contributed by atoms with Gasteiger partial charge in [0.1, 0.15) is 0 Å². The molecule has 0 saturated heterocycles. The Morgan fingerprint density at radius 3 is 2.70 bits per heavy atom. The predicted molar refractivity (Wildman–Crippen MR) is 65.1 cm³/mol. The van der Waals surface area contributed by atoms with E-state index in [2.05, 4.69) is 9.72 Å². The van der Waals surface area contributed by atoms with E-state index >= 15 is 0 Å². The van der Waals surface area contributed by atoms with Crippen LogP contribution in [0.15, 0.2) is 18.2 Å². The fourth-order valence-corrected chi connectivity index (χ4v) is 1.94. The van der Waals surface area contributed by atoms with Crippen molar-refractivity contribution in [2.75, 3.05) is 13.7 Å². The summed E-state index contributed by atoms with van der Waals surface area (Å²) in [5.74, 6) is -1.65. The molecule has 0 fully saturated rings. The molecular formula is C12H12F3N3O2. The van der Waals surface area contributed by atoms with Gasteiger partial charge in [0.15, 0.2) is 0 Å². The standard InChI is InChI=1S/C12H12F3N3O2/c1-20-10(19)7-2-3-8-9(6-7)18(5-4-16)11(17-8)12(13,14)15/h2-3,6H,4-5,16H2,1H3. The summed E-state index contributed by atoms with van der Waals surface area (Å²) >= 11 is 0. The number of rotatable bonds is 3. The summed E-state index contributed by atoms with van der Waals surface area (Å²) in [6.45, 7) is -0.0209. The number of nitrogens with two attached hydrogens (primary N) is 1. The number of halogens is 3. The van der Waals surface area contributed by atoms with Gasteiger partial charge >= 0.3 is 12.1 Å². The molecule has 0 aliphatic rings. The highest BCUT2D eigenvalue weighted by Gasteiger charge is 2.37. The van der Waals surface area contributed by atoms with Crippen molar-refractivity contribution in [3.05, 3.63) is 29.6 Å². The number of carbonyl (C=O) groups is 1. The average Bonchev–Trinajstić information content (AvgIpc) is 2.76. The highest BCUT2D eigenvalue weighted by molar-refractivity contribution is 5.93. The van der Waals surface area contributed by atoms with E-state index < -0.39 is 18.0 Å². The molecule has 1 aromatic carbocycles. The summed E-state index contributed by atoms with van der Waals surface area (Å²) in [4.78, 5) is 15.0. The molecule has 5 nitrogen and oxygen atoms in total. The molecule has 2 aromatic rings. The Labute approximate surface area is 112 Å². The summed E-state index contributed by atoms with van der Waals surface area (Å²) in [5, 5.41) is 0. The van der Waals surface area contributed by atoms with E-state index in [0.717, 1.165) is 4.57 Å². The van der Waals surface area contributed by atoms with E-state index in [-0.39, 0.29) is 29.7 Å². The lowest BCUT2D eigenvalue weighted by atomic mass is 10.2. The average molecular weight is 287 g/mol. The van der Waals surface area contributed by atoms with Crippen LogP contribution >= 0.6 is 0 Å². The van der Waals surface area contributed by atoms with Crippen molar-refractivity contribution in [3.8, 4) is 0 Å². The molecule has 0 aliphatic heterocycles. The third-order valence-electron chi connectivity index (χ3n) is 2.78. The maximum absolute atomic E-state index is 12.9. The summed E-state index contributed by atoms with van der Waals surface area (Å²) in [7, 11) is 1.20. The van der Waals surface area contributed by atoms with Gasteiger partial charge in [-0.05, 0) is 18.2 Å². The third kappa shape index (κ3) is 2.46. The van der Waals surface area contributed by atoms with Crippen molar-refractivity contribution >= 4 is 17.0 Å². The van der Waals surface area contributed by atoms with Crippen LogP contribution in [-0.4, -0.2) is 29.2 Å². The van der Waals surface area contributed by atoms with Crippen LogP contribution in [0, 0.1) is 0 Å². The van der Waals surface area contributed by atoms with E-state index in [0.29, 0.717) is 0 Å². The number of aromatic nitrogens is 2. The maximum Gasteiger partial charge on any atom is 0.449 e. The van der Waals surface area contributed by atoms with Crippen molar-refractivity contribution in [2.24, 2.45) is 5.73 Å². The summed E-state index contributed by atoms with van der Waals surface area (Å²) in [6, 6.07) is 4.04. The molecule has 1 aromatic heterocycles. The zero-order valence-corrected chi connectivity index (χ0v) is 10.6. The smallest absolute Gasteiger partial charge is 0.449 e. The fourth-order valence-electron chi connectivity index (χ4n) is 1.94. The molecule has 2 N–H and O–H groups in total. The van der Waals surface area contributed by atoms with Gasteiger partial charge in [-0.3, -0.25) is 0 Å². The molecule has 108 valence electrons. The number of hydrogen-bond acceptors (Lipinski definition) is 4. The minimum absolute atomic E-state index is 0.0248. The van der Waals surface area contributed by atoms with Crippen molar-refractivity contribution in [2.45, 2.75) is 12.7 Å². The number of esters is 1. The first-order chi connectivity index (χ1) is 9.38. The number of ether oxygens (including phenoxy) is 1. The number of benzene rings is 1. The molecule has 0 saturated carbocycles. The molecule has 0 amide bonds.